The van der Waals surface area contributed by atoms with Gasteiger partial charge in [0.15, 0.2) is 0 Å². The Kier molecular flexibility index (Phi) is 3.52. The molecule has 0 saturated carbocycles. The SMILES string of the molecule is O=C(O)C1CCN(C(=O)Nc2nncs2)CC1. The molecule has 7 nitrogen and oxygen atoms in total. The average Bonchev–Trinajstić information content (AvgIpc) is 2.82. The highest BCUT2D eigenvalue weighted by atomic mass is 32.1. The highest BCUT2D eigenvalue weighted by Gasteiger charge is 2.27. The van der Waals surface area contributed by atoms with E-state index in [1.165, 1.54) is 16.8 Å². The van der Waals surface area contributed by atoms with Crippen molar-refractivity contribution in [1.82, 2.24) is 15.1 Å². The smallest absolute Gasteiger partial charge is 0.323 e. The molecule has 0 atom stereocenters. The third-order valence-electron chi connectivity index (χ3n) is 2.71. The van der Waals surface area contributed by atoms with Crippen LogP contribution in [-0.4, -0.2) is 45.3 Å². The Morgan fingerprint density at radius 2 is 2.18 bits per heavy atom. The first-order chi connectivity index (χ1) is 8.16. The number of aromatic nitrogens is 2. The number of carbonyl (C=O) groups is 2. The van der Waals surface area contributed by atoms with Gasteiger partial charge in [0.1, 0.15) is 5.51 Å². The van der Waals surface area contributed by atoms with Crippen LogP contribution in [0.1, 0.15) is 12.8 Å². The Balaban J connectivity index is 1.84. The zero-order valence-corrected chi connectivity index (χ0v) is 9.81. The average molecular weight is 256 g/mol. The number of aliphatic carboxylic acids is 1. The number of hydrogen-bond donors (Lipinski definition) is 2. The fraction of sp³-hybridized carbons (Fsp3) is 0.556. The number of carboxylic acids is 1. The lowest BCUT2D eigenvalue weighted by molar-refractivity contribution is -0.143. The van der Waals surface area contributed by atoms with Gasteiger partial charge in [-0.05, 0) is 12.8 Å². The van der Waals surface area contributed by atoms with Gasteiger partial charge in [0.2, 0.25) is 5.13 Å². The van der Waals surface area contributed by atoms with Crippen LogP contribution in [0.4, 0.5) is 9.93 Å². The minimum absolute atomic E-state index is 0.245. The molecular weight excluding hydrogens is 244 g/mol. The summed E-state index contributed by atoms with van der Waals surface area (Å²) in [7, 11) is 0. The molecule has 2 heterocycles. The first-order valence-corrected chi connectivity index (χ1v) is 6.09. The number of hydrogen-bond acceptors (Lipinski definition) is 5. The number of likely N-dealkylation sites (tertiary alicyclic amines) is 1. The molecule has 0 spiro atoms. The van der Waals surface area contributed by atoms with E-state index in [1.807, 2.05) is 0 Å². The van der Waals surface area contributed by atoms with Crippen LogP contribution in [0, 0.1) is 5.92 Å². The molecule has 0 aromatic carbocycles. The monoisotopic (exact) mass is 256 g/mol. The number of carboxylic acid groups (broad SMARTS) is 1. The van der Waals surface area contributed by atoms with Crippen molar-refractivity contribution in [2.75, 3.05) is 18.4 Å². The van der Waals surface area contributed by atoms with E-state index in [4.69, 9.17) is 5.11 Å². The zero-order valence-electron chi connectivity index (χ0n) is 9.00. The van der Waals surface area contributed by atoms with Crippen LogP contribution >= 0.6 is 11.3 Å². The van der Waals surface area contributed by atoms with Crippen molar-refractivity contribution < 1.29 is 14.7 Å². The van der Waals surface area contributed by atoms with Gasteiger partial charge >= 0.3 is 12.0 Å². The zero-order chi connectivity index (χ0) is 12.3. The predicted octanol–water partition coefficient (Wildman–Crippen LogP) is 0.867. The van der Waals surface area contributed by atoms with Crippen LogP contribution in [0.2, 0.25) is 0 Å². The fourth-order valence-corrected chi connectivity index (χ4v) is 2.16. The van der Waals surface area contributed by atoms with E-state index in [-0.39, 0.29) is 11.9 Å². The number of amides is 2. The first kappa shape index (κ1) is 11.8. The summed E-state index contributed by atoms with van der Waals surface area (Å²) in [6.07, 6.45) is 0.998. The van der Waals surface area contributed by atoms with Gasteiger partial charge in [-0.2, -0.15) is 0 Å². The van der Waals surface area contributed by atoms with Crippen molar-refractivity contribution in [1.29, 1.82) is 0 Å². The van der Waals surface area contributed by atoms with E-state index in [0.717, 1.165) is 0 Å². The van der Waals surface area contributed by atoms with Crippen LogP contribution in [-0.2, 0) is 4.79 Å². The van der Waals surface area contributed by atoms with Gasteiger partial charge in [-0.1, -0.05) is 11.3 Å². The van der Waals surface area contributed by atoms with E-state index in [2.05, 4.69) is 15.5 Å². The number of piperidine rings is 1. The molecule has 2 N–H and O–H groups in total. The third-order valence-corrected chi connectivity index (χ3v) is 3.31. The van der Waals surface area contributed by atoms with Crippen LogP contribution in [0.3, 0.4) is 0 Å². The maximum absolute atomic E-state index is 11.7. The summed E-state index contributed by atoms with van der Waals surface area (Å²) in [6.45, 7) is 0.920. The molecule has 2 amide bonds. The minimum Gasteiger partial charge on any atom is -0.481 e. The van der Waals surface area contributed by atoms with Gasteiger partial charge in [0, 0.05) is 13.1 Å². The Bertz CT molecular complexity index is 400. The van der Waals surface area contributed by atoms with Gasteiger partial charge in [-0.25, -0.2) is 4.79 Å². The van der Waals surface area contributed by atoms with E-state index in [9.17, 15) is 9.59 Å². The topological polar surface area (TPSA) is 95.4 Å². The van der Waals surface area contributed by atoms with Gasteiger partial charge in [-0.3, -0.25) is 10.1 Å². The molecule has 1 aromatic heterocycles. The summed E-state index contributed by atoms with van der Waals surface area (Å²) in [5.74, 6) is -1.12. The van der Waals surface area contributed by atoms with Gasteiger partial charge in [-0.15, -0.1) is 10.2 Å². The van der Waals surface area contributed by atoms with Crippen LogP contribution in [0.15, 0.2) is 5.51 Å². The second-order valence-corrected chi connectivity index (χ2v) is 4.61. The lowest BCUT2D eigenvalue weighted by atomic mass is 9.97. The highest BCUT2D eigenvalue weighted by Crippen LogP contribution is 2.18. The van der Waals surface area contributed by atoms with E-state index >= 15 is 0 Å². The number of nitrogens with one attached hydrogen (secondary N) is 1. The van der Waals surface area contributed by atoms with Gasteiger partial charge < -0.3 is 10.0 Å². The predicted molar refractivity (Wildman–Crippen MR) is 60.9 cm³/mol. The molecule has 2 rings (SSSR count). The Labute approximate surface area is 101 Å². The second-order valence-electron chi connectivity index (χ2n) is 3.77. The van der Waals surface area contributed by atoms with E-state index < -0.39 is 5.97 Å². The van der Waals surface area contributed by atoms with Crippen LogP contribution in [0.25, 0.3) is 0 Å². The third kappa shape index (κ3) is 2.90. The van der Waals surface area contributed by atoms with Crippen molar-refractivity contribution in [3.63, 3.8) is 0 Å². The molecule has 0 bridgehead atoms. The Hall–Kier alpha value is -1.70. The van der Waals surface area contributed by atoms with Crippen molar-refractivity contribution in [2.45, 2.75) is 12.8 Å². The second kappa shape index (κ2) is 5.09. The molecule has 1 aliphatic rings. The molecule has 8 heteroatoms. The molecule has 0 aliphatic carbocycles. The van der Waals surface area contributed by atoms with E-state index in [0.29, 0.717) is 31.1 Å². The molecule has 1 saturated heterocycles. The van der Waals surface area contributed by atoms with Crippen molar-refractivity contribution in [2.24, 2.45) is 5.92 Å². The molecule has 1 aliphatic heterocycles. The maximum Gasteiger partial charge on any atom is 0.323 e. The standard InChI is InChI=1S/C9H12N4O3S/c14-7(15)6-1-3-13(4-2-6)9(16)11-8-12-10-5-17-8/h5-6H,1-4H2,(H,14,15)(H,11,12,16). The molecule has 0 unspecified atom stereocenters. The highest BCUT2D eigenvalue weighted by molar-refractivity contribution is 7.13. The van der Waals surface area contributed by atoms with Crippen molar-refractivity contribution in [3.05, 3.63) is 5.51 Å². The van der Waals surface area contributed by atoms with Crippen molar-refractivity contribution in [3.8, 4) is 0 Å². The van der Waals surface area contributed by atoms with Crippen molar-refractivity contribution >= 4 is 28.5 Å². The normalized spacial score (nSPS) is 16.8. The molecule has 92 valence electrons. The summed E-state index contributed by atoms with van der Waals surface area (Å²) < 4.78 is 0. The van der Waals surface area contributed by atoms with E-state index in [1.54, 1.807) is 4.90 Å². The van der Waals surface area contributed by atoms with Crippen LogP contribution in [0.5, 0.6) is 0 Å². The lowest BCUT2D eigenvalue weighted by Crippen LogP contribution is -2.42. The lowest BCUT2D eigenvalue weighted by Gasteiger charge is -2.29. The molecule has 17 heavy (non-hydrogen) atoms. The number of carbonyl (C=O) groups excluding carboxylic acids is 1. The molecular formula is C9H12N4O3S. The summed E-state index contributed by atoms with van der Waals surface area (Å²) >= 11 is 1.25. The summed E-state index contributed by atoms with van der Waals surface area (Å²) in [5, 5.41) is 19.2. The van der Waals surface area contributed by atoms with Crippen LogP contribution < -0.4 is 5.32 Å². The summed E-state index contributed by atoms with van der Waals surface area (Å²) in [6, 6.07) is -0.245. The Morgan fingerprint density at radius 3 is 2.71 bits per heavy atom. The molecule has 1 aromatic rings. The molecule has 0 radical (unpaired) electrons. The number of rotatable bonds is 2. The number of urea groups is 1. The molecule has 1 fully saturated rings. The minimum atomic E-state index is -0.783. The quantitative estimate of drug-likeness (QED) is 0.818. The fourth-order valence-electron chi connectivity index (χ4n) is 1.73. The summed E-state index contributed by atoms with van der Waals surface area (Å²) in [5.41, 5.74) is 1.53. The first-order valence-electron chi connectivity index (χ1n) is 5.21. The Morgan fingerprint density at radius 1 is 1.47 bits per heavy atom. The number of nitrogens with zero attached hydrogens (tertiary/aromatic N) is 3. The summed E-state index contributed by atoms with van der Waals surface area (Å²) in [4.78, 5) is 24.1. The largest absolute Gasteiger partial charge is 0.481 e. The maximum atomic E-state index is 11.7. The van der Waals surface area contributed by atoms with Gasteiger partial charge in [0.05, 0.1) is 5.92 Å². The number of anilines is 1. The van der Waals surface area contributed by atoms with Gasteiger partial charge in [0.25, 0.3) is 0 Å².